The second-order valence-electron chi connectivity index (χ2n) is 7.38. The van der Waals surface area contributed by atoms with E-state index in [1.807, 2.05) is 73.7 Å². The van der Waals surface area contributed by atoms with E-state index in [9.17, 15) is 9.59 Å². The lowest BCUT2D eigenvalue weighted by Crippen LogP contribution is -2.49. The Morgan fingerprint density at radius 3 is 2.58 bits per heavy atom. The largest absolute Gasteiger partial charge is 0.483 e. The molecule has 5 nitrogen and oxygen atoms in total. The molecule has 0 saturated carbocycles. The lowest BCUT2D eigenvalue weighted by molar-refractivity contribution is -0.142. The molecule has 0 spiro atoms. The summed E-state index contributed by atoms with van der Waals surface area (Å²) in [4.78, 5) is 27.3. The van der Waals surface area contributed by atoms with Gasteiger partial charge in [0.15, 0.2) is 6.61 Å². The number of amides is 2. The second-order valence-corrected chi connectivity index (χ2v) is 8.30. The van der Waals surface area contributed by atoms with Gasteiger partial charge in [-0.25, -0.2) is 0 Å². The van der Waals surface area contributed by atoms with E-state index in [4.69, 9.17) is 4.74 Å². The molecule has 1 N–H and O–H groups in total. The Morgan fingerprint density at radius 1 is 1.06 bits per heavy atom. The minimum atomic E-state index is -0.617. The van der Waals surface area contributed by atoms with E-state index in [2.05, 4.69) is 21.2 Å². The van der Waals surface area contributed by atoms with Crippen molar-refractivity contribution in [1.29, 1.82) is 0 Å². The summed E-state index contributed by atoms with van der Waals surface area (Å²) in [6.07, 6.45) is 0.836. The zero-order valence-electron chi connectivity index (χ0n) is 17.8. The molecule has 31 heavy (non-hydrogen) atoms. The summed E-state index contributed by atoms with van der Waals surface area (Å²) in [7, 11) is 0. The molecular weight excluding hydrogens is 456 g/mol. The fraction of sp³-hybridized carbons (Fsp3) is 0.280. The van der Waals surface area contributed by atoms with Crippen molar-refractivity contribution in [2.75, 3.05) is 13.2 Å². The third-order valence-corrected chi connectivity index (χ3v) is 5.55. The topological polar surface area (TPSA) is 58.6 Å². The van der Waals surface area contributed by atoms with Crippen molar-refractivity contribution in [3.05, 3.63) is 76.8 Å². The summed E-state index contributed by atoms with van der Waals surface area (Å²) in [5, 5.41) is 4.88. The van der Waals surface area contributed by atoms with Crippen LogP contribution in [0.1, 0.15) is 25.8 Å². The van der Waals surface area contributed by atoms with Crippen molar-refractivity contribution < 1.29 is 14.3 Å². The van der Waals surface area contributed by atoms with Crippen molar-refractivity contribution in [2.45, 2.75) is 32.9 Å². The highest BCUT2D eigenvalue weighted by Gasteiger charge is 2.26. The van der Waals surface area contributed by atoms with Gasteiger partial charge in [0.25, 0.3) is 5.91 Å². The van der Waals surface area contributed by atoms with Crippen LogP contribution in [0.2, 0.25) is 0 Å². The molecule has 1 atom stereocenters. The van der Waals surface area contributed by atoms with E-state index in [1.54, 1.807) is 11.8 Å². The molecule has 3 rings (SSSR count). The molecular formula is C25H27BrN2O3. The van der Waals surface area contributed by atoms with Crippen LogP contribution in [-0.2, 0) is 16.1 Å². The predicted octanol–water partition coefficient (Wildman–Crippen LogP) is 4.92. The van der Waals surface area contributed by atoms with E-state index in [-0.39, 0.29) is 18.4 Å². The summed E-state index contributed by atoms with van der Waals surface area (Å²) in [5.74, 6) is 0.236. The number of rotatable bonds is 9. The minimum absolute atomic E-state index is 0.145. The highest BCUT2D eigenvalue weighted by Crippen LogP contribution is 2.25. The highest BCUT2D eigenvalue weighted by molar-refractivity contribution is 9.10. The number of fused-ring (bicyclic) bond motifs is 1. The van der Waals surface area contributed by atoms with Crippen LogP contribution in [0.3, 0.4) is 0 Å². The maximum absolute atomic E-state index is 13.2. The van der Waals surface area contributed by atoms with Crippen molar-refractivity contribution in [1.82, 2.24) is 10.2 Å². The first-order valence-electron chi connectivity index (χ1n) is 10.4. The van der Waals surface area contributed by atoms with Gasteiger partial charge in [-0.3, -0.25) is 9.59 Å². The first-order valence-corrected chi connectivity index (χ1v) is 11.2. The average Bonchev–Trinajstić information content (AvgIpc) is 2.79. The fourth-order valence-corrected chi connectivity index (χ4v) is 3.80. The lowest BCUT2D eigenvalue weighted by Gasteiger charge is -2.29. The second kappa shape index (κ2) is 11.0. The fourth-order valence-electron chi connectivity index (χ4n) is 3.35. The van der Waals surface area contributed by atoms with Gasteiger partial charge in [0.1, 0.15) is 11.8 Å². The molecule has 0 aromatic heterocycles. The molecule has 0 heterocycles. The zero-order valence-corrected chi connectivity index (χ0v) is 19.4. The van der Waals surface area contributed by atoms with E-state index >= 15 is 0 Å². The van der Waals surface area contributed by atoms with Gasteiger partial charge in [0, 0.05) is 22.9 Å². The van der Waals surface area contributed by atoms with Crippen LogP contribution in [0.5, 0.6) is 5.75 Å². The van der Waals surface area contributed by atoms with E-state index < -0.39 is 6.04 Å². The van der Waals surface area contributed by atoms with Crippen molar-refractivity contribution in [3.8, 4) is 5.75 Å². The molecule has 0 radical (unpaired) electrons. The van der Waals surface area contributed by atoms with Crippen molar-refractivity contribution in [2.24, 2.45) is 0 Å². The highest BCUT2D eigenvalue weighted by atomic mass is 79.9. The SMILES string of the molecule is CCCNC(=O)[C@H](C)N(Cc1cccc(Br)c1)C(=O)COc1cccc2ccccc12. The van der Waals surface area contributed by atoms with Crippen LogP contribution >= 0.6 is 15.9 Å². The molecule has 0 saturated heterocycles. The van der Waals surface area contributed by atoms with Crippen LogP contribution in [-0.4, -0.2) is 35.9 Å². The van der Waals surface area contributed by atoms with Gasteiger partial charge in [-0.1, -0.05) is 71.4 Å². The average molecular weight is 483 g/mol. The predicted molar refractivity (Wildman–Crippen MR) is 127 cm³/mol. The van der Waals surface area contributed by atoms with Crippen LogP contribution in [0, 0.1) is 0 Å². The van der Waals surface area contributed by atoms with Crippen molar-refractivity contribution in [3.63, 3.8) is 0 Å². The first kappa shape index (κ1) is 22.8. The number of hydrogen-bond donors (Lipinski definition) is 1. The Morgan fingerprint density at radius 2 is 1.81 bits per heavy atom. The van der Waals surface area contributed by atoms with Crippen LogP contribution in [0.25, 0.3) is 10.8 Å². The van der Waals surface area contributed by atoms with Gasteiger partial charge in [-0.2, -0.15) is 0 Å². The van der Waals surface area contributed by atoms with Gasteiger partial charge in [0.2, 0.25) is 5.91 Å². The molecule has 3 aromatic rings. The number of carbonyl (C=O) groups is 2. The molecule has 6 heteroatoms. The summed E-state index contributed by atoms with van der Waals surface area (Å²) in [5.41, 5.74) is 0.933. The van der Waals surface area contributed by atoms with Crippen LogP contribution in [0.15, 0.2) is 71.2 Å². The Balaban J connectivity index is 1.78. The molecule has 2 amide bonds. The van der Waals surface area contributed by atoms with Gasteiger partial charge in [-0.05, 0) is 42.5 Å². The number of halogens is 1. The van der Waals surface area contributed by atoms with Gasteiger partial charge >= 0.3 is 0 Å². The van der Waals surface area contributed by atoms with E-state index in [1.165, 1.54) is 0 Å². The number of nitrogens with one attached hydrogen (secondary N) is 1. The molecule has 0 aliphatic rings. The van der Waals surface area contributed by atoms with Crippen LogP contribution < -0.4 is 10.1 Å². The summed E-state index contributed by atoms with van der Waals surface area (Å²) in [6, 6.07) is 20.7. The summed E-state index contributed by atoms with van der Waals surface area (Å²) >= 11 is 3.47. The molecule has 0 bridgehead atoms. The Kier molecular flexibility index (Phi) is 8.06. The number of nitrogens with zero attached hydrogens (tertiary/aromatic N) is 1. The molecule has 3 aromatic carbocycles. The molecule has 0 aliphatic carbocycles. The Hall–Kier alpha value is -2.86. The smallest absolute Gasteiger partial charge is 0.261 e. The number of benzene rings is 3. The lowest BCUT2D eigenvalue weighted by atomic mass is 10.1. The standard InChI is InChI=1S/C25H27BrN2O3/c1-3-14-27-25(30)18(2)28(16-19-8-6-11-21(26)15-19)24(29)17-31-23-13-7-10-20-9-4-5-12-22(20)23/h4-13,15,18H,3,14,16-17H2,1-2H3,(H,27,30)/t18-/m0/s1. The normalized spacial score (nSPS) is 11.7. The molecule has 0 aliphatic heterocycles. The molecule has 162 valence electrons. The van der Waals surface area contributed by atoms with E-state index in [0.29, 0.717) is 18.8 Å². The maximum atomic E-state index is 13.2. The first-order chi connectivity index (χ1) is 15.0. The van der Waals surface area contributed by atoms with Crippen LogP contribution in [0.4, 0.5) is 0 Å². The number of hydrogen-bond acceptors (Lipinski definition) is 3. The number of ether oxygens (including phenoxy) is 1. The number of carbonyl (C=O) groups excluding carboxylic acids is 2. The summed E-state index contributed by atoms with van der Waals surface area (Å²) in [6.45, 7) is 4.49. The van der Waals surface area contributed by atoms with Gasteiger partial charge in [0.05, 0.1) is 0 Å². The molecule has 0 fully saturated rings. The maximum Gasteiger partial charge on any atom is 0.261 e. The third-order valence-electron chi connectivity index (χ3n) is 5.06. The van der Waals surface area contributed by atoms with Gasteiger partial charge in [-0.15, -0.1) is 0 Å². The summed E-state index contributed by atoms with van der Waals surface area (Å²) < 4.78 is 6.83. The Labute approximate surface area is 191 Å². The zero-order chi connectivity index (χ0) is 22.2. The Bertz CT molecular complexity index is 1050. The minimum Gasteiger partial charge on any atom is -0.483 e. The third kappa shape index (κ3) is 6.07. The molecule has 0 unspecified atom stereocenters. The van der Waals surface area contributed by atoms with Gasteiger partial charge < -0.3 is 15.0 Å². The monoisotopic (exact) mass is 482 g/mol. The quantitative estimate of drug-likeness (QED) is 0.470. The van der Waals surface area contributed by atoms with Crippen molar-refractivity contribution >= 4 is 38.5 Å². The van der Waals surface area contributed by atoms with E-state index in [0.717, 1.165) is 27.2 Å².